The average Bonchev–Trinajstić information content (AvgIpc) is 3.03. The van der Waals surface area contributed by atoms with Gasteiger partial charge in [0.15, 0.2) is 4.77 Å². The second kappa shape index (κ2) is 4.56. The van der Waals surface area contributed by atoms with Gasteiger partial charge >= 0.3 is 0 Å². The maximum atomic E-state index is 5.68. The minimum Gasteiger partial charge on any atom is -0.464 e. The summed E-state index contributed by atoms with van der Waals surface area (Å²) in [7, 11) is 0. The van der Waals surface area contributed by atoms with Crippen molar-refractivity contribution in [3.05, 3.63) is 58.9 Å². The third-order valence-corrected chi connectivity index (χ3v) is 3.94. The van der Waals surface area contributed by atoms with E-state index < -0.39 is 0 Å². The van der Waals surface area contributed by atoms with Gasteiger partial charge in [-0.05, 0) is 37.3 Å². The van der Waals surface area contributed by atoms with Crippen molar-refractivity contribution in [3.8, 4) is 0 Å². The molecule has 1 N–H and O–H groups in total. The molecule has 0 amide bonds. The highest BCUT2D eigenvalue weighted by Gasteiger charge is 2.11. The van der Waals surface area contributed by atoms with Crippen LogP contribution in [0.5, 0.6) is 0 Å². The highest BCUT2D eigenvalue weighted by atomic mass is 32.1. The molecule has 0 saturated carbocycles. The minimum atomic E-state index is 0.612. The van der Waals surface area contributed by atoms with E-state index >= 15 is 0 Å². The van der Waals surface area contributed by atoms with Gasteiger partial charge in [0, 0.05) is 5.39 Å². The number of hydrogen-bond donors (Lipinski definition) is 1. The largest absolute Gasteiger partial charge is 0.464 e. The fraction of sp³-hybridized carbons (Fsp3) is 0.125. The van der Waals surface area contributed by atoms with Crippen LogP contribution in [0, 0.1) is 11.7 Å². The van der Waals surface area contributed by atoms with Gasteiger partial charge in [0.05, 0.1) is 29.3 Å². The summed E-state index contributed by atoms with van der Waals surface area (Å²) in [4.78, 5) is 7.68. The molecule has 0 fully saturated rings. The van der Waals surface area contributed by atoms with Crippen molar-refractivity contribution < 1.29 is 4.42 Å². The maximum absolute atomic E-state index is 5.68. The van der Waals surface area contributed by atoms with E-state index in [0.29, 0.717) is 11.3 Å². The van der Waals surface area contributed by atoms with Gasteiger partial charge in [-0.2, -0.15) is 0 Å². The number of para-hydroxylation sites is 1. The van der Waals surface area contributed by atoms with Crippen LogP contribution in [0.25, 0.3) is 21.9 Å². The number of rotatable bonds is 2. The molecular weight excluding hydrogens is 282 g/mol. The number of aryl methyl sites for hydroxylation is 1. The number of H-pyrrole nitrogens is 1. The van der Waals surface area contributed by atoms with E-state index in [1.54, 1.807) is 0 Å². The van der Waals surface area contributed by atoms with Crippen molar-refractivity contribution in [1.29, 1.82) is 0 Å². The summed E-state index contributed by atoms with van der Waals surface area (Å²) in [5, 5.41) is 1.09. The summed E-state index contributed by atoms with van der Waals surface area (Å²) >= 11 is 5.46. The molecular formula is C16H13N3OS. The Morgan fingerprint density at radius 1 is 1.24 bits per heavy atom. The fourth-order valence-corrected chi connectivity index (χ4v) is 2.94. The van der Waals surface area contributed by atoms with Gasteiger partial charge in [0.25, 0.3) is 0 Å². The zero-order valence-electron chi connectivity index (χ0n) is 11.5. The number of imidazole rings is 1. The van der Waals surface area contributed by atoms with Crippen molar-refractivity contribution in [1.82, 2.24) is 14.5 Å². The topological polar surface area (TPSA) is 46.8 Å². The predicted molar refractivity (Wildman–Crippen MR) is 85.0 cm³/mol. The van der Waals surface area contributed by atoms with Crippen LogP contribution in [0.1, 0.15) is 11.5 Å². The number of hydrogen-bond acceptors (Lipinski definition) is 3. The normalized spacial score (nSPS) is 11.5. The Morgan fingerprint density at radius 2 is 2.10 bits per heavy atom. The van der Waals surface area contributed by atoms with Crippen LogP contribution in [0.3, 0.4) is 0 Å². The molecule has 0 radical (unpaired) electrons. The van der Waals surface area contributed by atoms with E-state index in [9.17, 15) is 0 Å². The van der Waals surface area contributed by atoms with Gasteiger partial charge in [0.2, 0.25) is 0 Å². The van der Waals surface area contributed by atoms with Gasteiger partial charge in [-0.1, -0.05) is 18.2 Å². The summed E-state index contributed by atoms with van der Waals surface area (Å²) in [6.45, 7) is 2.55. The molecule has 3 aromatic heterocycles. The summed E-state index contributed by atoms with van der Waals surface area (Å²) < 4.78 is 8.42. The lowest BCUT2D eigenvalue weighted by Gasteiger charge is -2.05. The maximum Gasteiger partial charge on any atom is 0.178 e. The van der Waals surface area contributed by atoms with Gasteiger partial charge in [-0.25, -0.2) is 0 Å². The zero-order valence-corrected chi connectivity index (χ0v) is 12.3. The number of aromatic amines is 1. The third kappa shape index (κ3) is 1.97. The number of furan rings is 1. The summed E-state index contributed by atoms with van der Waals surface area (Å²) in [5.74, 6) is 1.80. The number of pyridine rings is 1. The van der Waals surface area contributed by atoms with Gasteiger partial charge in [0.1, 0.15) is 11.5 Å². The molecule has 1 aromatic carbocycles. The van der Waals surface area contributed by atoms with Crippen LogP contribution >= 0.6 is 12.2 Å². The molecule has 4 nitrogen and oxygen atoms in total. The minimum absolute atomic E-state index is 0.612. The van der Waals surface area contributed by atoms with Gasteiger partial charge in [-0.15, -0.1) is 0 Å². The fourth-order valence-electron chi connectivity index (χ4n) is 2.67. The van der Waals surface area contributed by atoms with E-state index in [1.807, 2.05) is 43.5 Å². The lowest BCUT2D eigenvalue weighted by molar-refractivity contribution is 0.471. The van der Waals surface area contributed by atoms with E-state index in [-0.39, 0.29) is 0 Å². The van der Waals surface area contributed by atoms with E-state index in [0.717, 1.165) is 33.5 Å². The van der Waals surface area contributed by atoms with Crippen molar-refractivity contribution in [3.63, 3.8) is 0 Å². The Hall–Kier alpha value is -2.40. The van der Waals surface area contributed by atoms with Crippen molar-refractivity contribution in [2.45, 2.75) is 13.5 Å². The van der Waals surface area contributed by atoms with Crippen molar-refractivity contribution in [2.75, 3.05) is 0 Å². The predicted octanol–water partition coefficient (Wildman–Crippen LogP) is 4.20. The molecule has 0 unspecified atom stereocenters. The monoisotopic (exact) mass is 295 g/mol. The zero-order chi connectivity index (χ0) is 14.4. The number of fused-ring (bicyclic) bond motifs is 3. The first-order valence-corrected chi connectivity index (χ1v) is 7.15. The molecule has 0 aliphatic rings. The molecule has 0 bridgehead atoms. The lowest BCUT2D eigenvalue weighted by atomic mass is 10.2. The first kappa shape index (κ1) is 12.3. The van der Waals surface area contributed by atoms with Crippen LogP contribution in [-0.2, 0) is 6.54 Å². The molecule has 5 heteroatoms. The Morgan fingerprint density at radius 3 is 2.90 bits per heavy atom. The highest BCUT2D eigenvalue weighted by Crippen LogP contribution is 2.24. The summed E-state index contributed by atoms with van der Waals surface area (Å²) in [5.41, 5.74) is 2.98. The van der Waals surface area contributed by atoms with Gasteiger partial charge < -0.3 is 14.0 Å². The molecule has 0 aliphatic heterocycles. The van der Waals surface area contributed by atoms with E-state index in [2.05, 4.69) is 20.6 Å². The molecule has 3 heterocycles. The second-order valence-corrected chi connectivity index (χ2v) is 5.45. The molecule has 0 saturated heterocycles. The second-order valence-electron chi connectivity index (χ2n) is 5.07. The standard InChI is InChI=1S/C16H13N3OS/c1-10-6-7-11(20-10)9-19-15-12-4-2-3-5-13(12)17-8-14(15)18-16(19)21/h2-8H,9H2,1H3,(H,18,21). The van der Waals surface area contributed by atoms with Crippen LogP contribution < -0.4 is 0 Å². The van der Waals surface area contributed by atoms with Crippen molar-refractivity contribution >= 4 is 34.2 Å². The number of nitrogens with zero attached hydrogens (tertiary/aromatic N) is 2. The quantitative estimate of drug-likeness (QED) is 0.564. The molecule has 0 spiro atoms. The SMILES string of the molecule is Cc1ccc(Cn2c(=S)[nH]c3cnc4ccccc4c32)o1. The first-order valence-electron chi connectivity index (χ1n) is 6.74. The van der Waals surface area contributed by atoms with Crippen LogP contribution in [0.2, 0.25) is 0 Å². The molecule has 4 rings (SSSR count). The number of aromatic nitrogens is 3. The highest BCUT2D eigenvalue weighted by molar-refractivity contribution is 7.71. The van der Waals surface area contributed by atoms with Crippen LogP contribution in [-0.4, -0.2) is 14.5 Å². The molecule has 21 heavy (non-hydrogen) atoms. The summed E-state index contributed by atoms with van der Waals surface area (Å²) in [6, 6.07) is 12.0. The molecule has 4 aromatic rings. The molecule has 104 valence electrons. The van der Waals surface area contributed by atoms with Crippen molar-refractivity contribution in [2.24, 2.45) is 0 Å². The smallest absolute Gasteiger partial charge is 0.178 e. The molecule has 0 aliphatic carbocycles. The average molecular weight is 295 g/mol. The number of nitrogens with one attached hydrogen (secondary N) is 1. The summed E-state index contributed by atoms with van der Waals surface area (Å²) in [6.07, 6.45) is 1.83. The van der Waals surface area contributed by atoms with E-state index in [4.69, 9.17) is 16.6 Å². The molecule has 0 atom stereocenters. The Labute approximate surface area is 126 Å². The number of benzene rings is 1. The lowest BCUT2D eigenvalue weighted by Crippen LogP contribution is -1.99. The first-order chi connectivity index (χ1) is 10.2. The Balaban J connectivity index is 2.01. The Kier molecular flexibility index (Phi) is 2.68. The third-order valence-electron chi connectivity index (χ3n) is 3.61. The van der Waals surface area contributed by atoms with Crippen LogP contribution in [0.4, 0.5) is 0 Å². The van der Waals surface area contributed by atoms with Crippen LogP contribution in [0.15, 0.2) is 47.0 Å². The van der Waals surface area contributed by atoms with Gasteiger partial charge in [-0.3, -0.25) is 4.98 Å². The van der Waals surface area contributed by atoms with E-state index in [1.165, 1.54) is 0 Å². The Bertz CT molecular complexity index is 1010.